The van der Waals surface area contributed by atoms with E-state index in [1.807, 2.05) is 13.1 Å². The highest BCUT2D eigenvalue weighted by molar-refractivity contribution is 9.10. The van der Waals surface area contributed by atoms with Crippen molar-refractivity contribution in [2.24, 2.45) is 0 Å². The van der Waals surface area contributed by atoms with Crippen LogP contribution in [0.1, 0.15) is 35.9 Å². The Hall–Kier alpha value is -0.770. The van der Waals surface area contributed by atoms with E-state index in [0.29, 0.717) is 5.92 Å². The van der Waals surface area contributed by atoms with Crippen LogP contribution < -0.4 is 0 Å². The summed E-state index contributed by atoms with van der Waals surface area (Å²) in [6.07, 6.45) is 0. The van der Waals surface area contributed by atoms with E-state index in [9.17, 15) is 4.79 Å². The molecule has 2 rings (SSSR count). The maximum atomic E-state index is 11.9. The lowest BCUT2D eigenvalue weighted by Crippen LogP contribution is -2.37. The molecule has 0 radical (unpaired) electrons. The smallest absolute Gasteiger partial charge is 0.270 e. The van der Waals surface area contributed by atoms with E-state index >= 15 is 0 Å². The van der Waals surface area contributed by atoms with E-state index in [4.69, 9.17) is 0 Å². The molecule has 0 aliphatic carbocycles. The van der Waals surface area contributed by atoms with Gasteiger partial charge in [-0.25, -0.2) is 0 Å². The predicted molar refractivity (Wildman–Crippen MR) is 63.2 cm³/mol. The summed E-state index contributed by atoms with van der Waals surface area (Å²) in [5.74, 6) is 0.554. The minimum absolute atomic E-state index is 0.119. The maximum Gasteiger partial charge on any atom is 0.270 e. The summed E-state index contributed by atoms with van der Waals surface area (Å²) in [5.41, 5.74) is 2.03. The van der Waals surface area contributed by atoms with Crippen LogP contribution in [0.15, 0.2) is 10.5 Å². The van der Waals surface area contributed by atoms with Crippen LogP contribution in [0.5, 0.6) is 0 Å². The average Bonchev–Trinajstić information content (AvgIpc) is 2.49. The van der Waals surface area contributed by atoms with Crippen LogP contribution in [0.25, 0.3) is 0 Å². The van der Waals surface area contributed by atoms with Crippen molar-refractivity contribution in [3.8, 4) is 0 Å². The van der Waals surface area contributed by atoms with E-state index in [0.717, 1.165) is 23.3 Å². The number of hydrogen-bond donors (Lipinski definition) is 0. The Morgan fingerprint density at radius 1 is 1.40 bits per heavy atom. The quantitative estimate of drug-likeness (QED) is 0.770. The van der Waals surface area contributed by atoms with Gasteiger partial charge < -0.3 is 9.47 Å². The molecule has 0 saturated carbocycles. The van der Waals surface area contributed by atoms with Crippen molar-refractivity contribution in [3.05, 3.63) is 21.9 Å². The second-order valence-electron chi connectivity index (χ2n) is 4.30. The number of rotatable bonds is 1. The van der Waals surface area contributed by atoms with Crippen molar-refractivity contribution in [1.82, 2.24) is 9.47 Å². The number of carbonyl (C=O) groups excluding carboxylic acids is 1. The van der Waals surface area contributed by atoms with Gasteiger partial charge in [-0.1, -0.05) is 13.8 Å². The summed E-state index contributed by atoms with van der Waals surface area (Å²) in [6, 6.07) is 1.94. The molecule has 1 aliphatic rings. The second kappa shape index (κ2) is 3.67. The van der Waals surface area contributed by atoms with Crippen LogP contribution >= 0.6 is 15.9 Å². The molecular formula is C11H15BrN2O. The topological polar surface area (TPSA) is 25.2 Å². The normalized spacial score (nSPS) is 16.1. The fraction of sp³-hybridized carbons (Fsp3) is 0.545. The van der Waals surface area contributed by atoms with Gasteiger partial charge in [-0.05, 0) is 27.9 Å². The third-order valence-corrected chi connectivity index (χ3v) is 3.50. The summed E-state index contributed by atoms with van der Waals surface area (Å²) in [7, 11) is 1.85. The van der Waals surface area contributed by atoms with E-state index in [1.54, 1.807) is 4.90 Å². The minimum Gasteiger partial charge on any atom is -0.339 e. The largest absolute Gasteiger partial charge is 0.339 e. The van der Waals surface area contributed by atoms with Crippen LogP contribution in [-0.4, -0.2) is 29.0 Å². The first-order chi connectivity index (χ1) is 7.02. The van der Waals surface area contributed by atoms with Crippen molar-refractivity contribution >= 4 is 21.8 Å². The van der Waals surface area contributed by atoms with Gasteiger partial charge in [-0.15, -0.1) is 0 Å². The van der Waals surface area contributed by atoms with Crippen LogP contribution in [-0.2, 0) is 6.54 Å². The Morgan fingerprint density at radius 2 is 2.07 bits per heavy atom. The SMILES string of the molecule is CC(C)c1c(Br)cc2n1CCN(C)C2=O. The number of fused-ring (bicyclic) bond motifs is 1. The van der Waals surface area contributed by atoms with Crippen LogP contribution in [0, 0.1) is 0 Å². The second-order valence-corrected chi connectivity index (χ2v) is 5.15. The minimum atomic E-state index is 0.119. The molecule has 0 bridgehead atoms. The zero-order chi connectivity index (χ0) is 11.2. The highest BCUT2D eigenvalue weighted by atomic mass is 79.9. The number of nitrogens with zero attached hydrogens (tertiary/aromatic N) is 2. The summed E-state index contributed by atoms with van der Waals surface area (Å²) >= 11 is 3.53. The average molecular weight is 271 g/mol. The van der Waals surface area contributed by atoms with Gasteiger partial charge in [-0.2, -0.15) is 0 Å². The third-order valence-electron chi connectivity index (χ3n) is 2.86. The zero-order valence-corrected chi connectivity index (χ0v) is 10.8. The van der Waals surface area contributed by atoms with Crippen LogP contribution in [0.2, 0.25) is 0 Å². The highest BCUT2D eigenvalue weighted by Crippen LogP contribution is 2.30. The Labute approximate surface area is 98.2 Å². The number of likely N-dealkylation sites (N-methyl/N-ethyl adjacent to an activating group) is 1. The van der Waals surface area contributed by atoms with Gasteiger partial charge in [0.25, 0.3) is 5.91 Å². The molecule has 0 aromatic carbocycles. The Bertz CT molecular complexity index is 409. The number of amides is 1. The Morgan fingerprint density at radius 3 is 2.67 bits per heavy atom. The fourth-order valence-corrected chi connectivity index (χ4v) is 2.97. The Balaban J connectivity index is 2.55. The molecule has 0 saturated heterocycles. The lowest BCUT2D eigenvalue weighted by atomic mass is 10.1. The third kappa shape index (κ3) is 1.61. The molecule has 0 N–H and O–H groups in total. The highest BCUT2D eigenvalue weighted by Gasteiger charge is 2.26. The molecular weight excluding hydrogens is 256 g/mol. The predicted octanol–water partition coefficient (Wildman–Crippen LogP) is 2.46. The summed E-state index contributed by atoms with van der Waals surface area (Å²) in [4.78, 5) is 13.7. The Kier molecular flexibility index (Phi) is 2.63. The van der Waals surface area contributed by atoms with Crippen molar-refractivity contribution in [2.75, 3.05) is 13.6 Å². The first kappa shape index (κ1) is 10.7. The number of aromatic nitrogens is 1. The van der Waals surface area contributed by atoms with Gasteiger partial charge in [0, 0.05) is 30.3 Å². The van der Waals surface area contributed by atoms with E-state index in [2.05, 4.69) is 34.3 Å². The van der Waals surface area contributed by atoms with Crippen molar-refractivity contribution < 1.29 is 4.79 Å². The van der Waals surface area contributed by atoms with Gasteiger partial charge in [-0.3, -0.25) is 4.79 Å². The van der Waals surface area contributed by atoms with Gasteiger partial charge in [0.15, 0.2) is 0 Å². The monoisotopic (exact) mass is 270 g/mol. The standard InChI is InChI=1S/C11H15BrN2O/c1-7(2)10-8(12)6-9-11(15)13(3)4-5-14(9)10/h6-7H,4-5H2,1-3H3. The number of carbonyl (C=O) groups is 1. The van der Waals surface area contributed by atoms with Crippen molar-refractivity contribution in [1.29, 1.82) is 0 Å². The first-order valence-electron chi connectivity index (χ1n) is 5.16. The maximum absolute atomic E-state index is 11.9. The molecule has 15 heavy (non-hydrogen) atoms. The summed E-state index contributed by atoms with van der Waals surface area (Å²) < 4.78 is 3.19. The lowest BCUT2D eigenvalue weighted by Gasteiger charge is -2.26. The molecule has 0 unspecified atom stereocenters. The van der Waals surface area contributed by atoms with E-state index in [-0.39, 0.29) is 5.91 Å². The lowest BCUT2D eigenvalue weighted by molar-refractivity contribution is 0.0747. The molecule has 1 aliphatic heterocycles. The van der Waals surface area contributed by atoms with Gasteiger partial charge in [0.2, 0.25) is 0 Å². The molecule has 3 nitrogen and oxygen atoms in total. The molecule has 0 spiro atoms. The zero-order valence-electron chi connectivity index (χ0n) is 9.25. The van der Waals surface area contributed by atoms with E-state index < -0.39 is 0 Å². The van der Waals surface area contributed by atoms with E-state index in [1.165, 1.54) is 5.69 Å². The molecule has 82 valence electrons. The number of hydrogen-bond acceptors (Lipinski definition) is 1. The molecule has 1 aromatic rings. The van der Waals surface area contributed by atoms with Crippen LogP contribution in [0.3, 0.4) is 0 Å². The molecule has 0 fully saturated rings. The van der Waals surface area contributed by atoms with Crippen molar-refractivity contribution in [2.45, 2.75) is 26.3 Å². The first-order valence-corrected chi connectivity index (χ1v) is 5.96. The molecule has 4 heteroatoms. The summed E-state index contributed by atoms with van der Waals surface area (Å²) in [6.45, 7) is 6.00. The molecule has 0 atom stereocenters. The molecule has 1 aromatic heterocycles. The van der Waals surface area contributed by atoms with Crippen LogP contribution in [0.4, 0.5) is 0 Å². The van der Waals surface area contributed by atoms with Gasteiger partial charge in [0.05, 0.1) is 0 Å². The molecule has 2 heterocycles. The fourth-order valence-electron chi connectivity index (χ4n) is 2.08. The van der Waals surface area contributed by atoms with Gasteiger partial charge >= 0.3 is 0 Å². The summed E-state index contributed by atoms with van der Waals surface area (Å²) in [5, 5.41) is 0. The van der Waals surface area contributed by atoms with Crippen molar-refractivity contribution in [3.63, 3.8) is 0 Å². The van der Waals surface area contributed by atoms with Gasteiger partial charge in [0.1, 0.15) is 5.69 Å². The molecule has 1 amide bonds. The number of halogens is 1.